The Morgan fingerprint density at radius 1 is 1.37 bits per heavy atom. The van der Waals surface area contributed by atoms with E-state index in [1.54, 1.807) is 26.4 Å². The van der Waals surface area contributed by atoms with Crippen LogP contribution in [0.25, 0.3) is 0 Å². The van der Waals surface area contributed by atoms with Gasteiger partial charge < -0.3 is 25.3 Å². The third-order valence-electron chi connectivity index (χ3n) is 2.48. The molecule has 0 spiro atoms. The quantitative estimate of drug-likeness (QED) is 0.686. The van der Waals surface area contributed by atoms with Crippen molar-refractivity contribution in [3.8, 4) is 5.75 Å². The third kappa shape index (κ3) is 5.15. The molecule has 0 radical (unpaired) electrons. The van der Waals surface area contributed by atoms with Crippen molar-refractivity contribution in [1.82, 2.24) is 0 Å². The molecule has 1 rings (SSSR count). The van der Waals surface area contributed by atoms with Crippen LogP contribution in [0.1, 0.15) is 6.92 Å². The van der Waals surface area contributed by atoms with Crippen LogP contribution in [0.2, 0.25) is 0 Å². The highest BCUT2D eigenvalue weighted by molar-refractivity contribution is 5.75. The Labute approximate surface area is 112 Å². The number of carbonyl (C=O) groups excluding carboxylic acids is 1. The van der Waals surface area contributed by atoms with Gasteiger partial charge in [-0.25, -0.2) is 0 Å². The summed E-state index contributed by atoms with van der Waals surface area (Å²) in [5, 5.41) is 3.23. The van der Waals surface area contributed by atoms with Crippen LogP contribution in [0.4, 0.5) is 5.69 Å². The molecule has 0 fully saturated rings. The Kier molecular flexibility index (Phi) is 6.11. The summed E-state index contributed by atoms with van der Waals surface area (Å²) in [5.41, 5.74) is 5.86. The van der Waals surface area contributed by atoms with E-state index in [1.165, 1.54) is 0 Å². The van der Waals surface area contributed by atoms with Gasteiger partial charge in [-0.05, 0) is 19.1 Å². The van der Waals surface area contributed by atoms with Gasteiger partial charge in [-0.1, -0.05) is 6.07 Å². The second-order valence-corrected chi connectivity index (χ2v) is 4.06. The molecule has 0 saturated heterocycles. The third-order valence-corrected chi connectivity index (χ3v) is 2.48. The number of carbonyl (C=O) groups is 1. The number of anilines is 1. The van der Waals surface area contributed by atoms with Gasteiger partial charge in [-0.3, -0.25) is 4.79 Å². The average Bonchev–Trinajstić information content (AvgIpc) is 2.38. The number of hydrogen-bond acceptors (Lipinski definition) is 5. The smallest absolute Gasteiger partial charge is 0.255 e. The van der Waals surface area contributed by atoms with Crippen LogP contribution in [0.3, 0.4) is 0 Å². The lowest BCUT2D eigenvalue weighted by atomic mass is 10.2. The van der Waals surface area contributed by atoms with Crippen LogP contribution in [0.15, 0.2) is 24.3 Å². The zero-order valence-corrected chi connectivity index (χ0v) is 11.4. The Morgan fingerprint density at radius 3 is 2.63 bits per heavy atom. The van der Waals surface area contributed by atoms with E-state index in [2.05, 4.69) is 5.32 Å². The van der Waals surface area contributed by atoms with Crippen molar-refractivity contribution in [2.75, 3.05) is 26.1 Å². The van der Waals surface area contributed by atoms with Crippen LogP contribution >= 0.6 is 0 Å². The van der Waals surface area contributed by atoms with E-state index in [4.69, 9.17) is 19.9 Å². The highest BCUT2D eigenvalue weighted by Crippen LogP contribution is 2.19. The van der Waals surface area contributed by atoms with Crippen molar-refractivity contribution in [2.24, 2.45) is 5.73 Å². The van der Waals surface area contributed by atoms with E-state index in [9.17, 15) is 4.79 Å². The zero-order chi connectivity index (χ0) is 14.3. The molecule has 0 bridgehead atoms. The normalized spacial score (nSPS) is 12.2. The molecule has 0 aromatic heterocycles. The van der Waals surface area contributed by atoms with Crippen molar-refractivity contribution in [3.05, 3.63) is 24.3 Å². The fraction of sp³-hybridized carbons (Fsp3) is 0.462. The molecule has 0 aliphatic rings. The predicted molar refractivity (Wildman–Crippen MR) is 72.0 cm³/mol. The summed E-state index contributed by atoms with van der Waals surface area (Å²) in [7, 11) is 3.16. The van der Waals surface area contributed by atoms with Crippen LogP contribution in [-0.2, 0) is 14.3 Å². The molecule has 1 atom stereocenters. The number of nitrogens with one attached hydrogen (secondary N) is 1. The topological polar surface area (TPSA) is 82.8 Å². The lowest BCUT2D eigenvalue weighted by Crippen LogP contribution is -2.33. The second-order valence-electron chi connectivity index (χ2n) is 4.06. The summed E-state index contributed by atoms with van der Waals surface area (Å²) < 4.78 is 15.6. The molecule has 0 heterocycles. The molecule has 6 nitrogen and oxygen atoms in total. The van der Waals surface area contributed by atoms with Crippen LogP contribution < -0.4 is 15.8 Å². The predicted octanol–water partition coefficient (Wildman–Crippen LogP) is 0.970. The largest absolute Gasteiger partial charge is 0.484 e. The molecular weight excluding hydrogens is 248 g/mol. The summed E-state index contributed by atoms with van der Waals surface area (Å²) in [6, 6.07) is 7.20. The Hall–Kier alpha value is -1.79. The number of hydrogen-bond donors (Lipinski definition) is 2. The number of amides is 1. The zero-order valence-electron chi connectivity index (χ0n) is 11.4. The van der Waals surface area contributed by atoms with E-state index >= 15 is 0 Å². The van der Waals surface area contributed by atoms with Crippen molar-refractivity contribution >= 4 is 11.6 Å². The maximum absolute atomic E-state index is 10.7. The summed E-state index contributed by atoms with van der Waals surface area (Å²) in [4.78, 5) is 10.7. The van der Waals surface area contributed by atoms with Gasteiger partial charge >= 0.3 is 0 Å². The molecule has 0 aliphatic heterocycles. The van der Waals surface area contributed by atoms with Gasteiger partial charge in [0.1, 0.15) is 5.75 Å². The molecule has 1 aromatic rings. The van der Waals surface area contributed by atoms with Gasteiger partial charge in [-0.2, -0.15) is 0 Å². The number of methoxy groups -OCH3 is 2. The average molecular weight is 268 g/mol. The molecule has 1 unspecified atom stereocenters. The maximum Gasteiger partial charge on any atom is 0.255 e. The van der Waals surface area contributed by atoms with Gasteiger partial charge in [0.25, 0.3) is 5.91 Å². The van der Waals surface area contributed by atoms with Crippen molar-refractivity contribution in [2.45, 2.75) is 19.3 Å². The molecule has 3 N–H and O–H groups in total. The first kappa shape index (κ1) is 15.3. The second kappa shape index (κ2) is 7.60. The minimum absolute atomic E-state index is 0.0404. The van der Waals surface area contributed by atoms with Crippen molar-refractivity contribution in [3.63, 3.8) is 0 Å². The Morgan fingerprint density at radius 2 is 2.05 bits per heavy atom. The van der Waals surface area contributed by atoms with Crippen LogP contribution in [0, 0.1) is 0 Å². The van der Waals surface area contributed by atoms with Gasteiger partial charge in [0.2, 0.25) is 0 Å². The van der Waals surface area contributed by atoms with E-state index in [0.29, 0.717) is 5.75 Å². The van der Waals surface area contributed by atoms with Crippen molar-refractivity contribution < 1.29 is 19.0 Å². The molecule has 1 amide bonds. The minimum atomic E-state index is -0.509. The highest BCUT2D eigenvalue weighted by atomic mass is 16.7. The van der Waals surface area contributed by atoms with Crippen LogP contribution in [-0.4, -0.2) is 39.1 Å². The fourth-order valence-corrected chi connectivity index (χ4v) is 1.67. The summed E-state index contributed by atoms with van der Waals surface area (Å²) in [6.07, 6.45) is -0.352. The number of benzene rings is 1. The molecule has 6 heteroatoms. The number of rotatable bonds is 8. The lowest BCUT2D eigenvalue weighted by Gasteiger charge is -2.23. The highest BCUT2D eigenvalue weighted by Gasteiger charge is 2.15. The molecule has 19 heavy (non-hydrogen) atoms. The SMILES string of the molecule is COC(OC)C(C)Nc1cccc(OCC(N)=O)c1. The van der Waals surface area contributed by atoms with E-state index < -0.39 is 5.91 Å². The number of nitrogens with two attached hydrogens (primary N) is 1. The first-order valence-electron chi connectivity index (χ1n) is 5.90. The standard InChI is InChI=1S/C13H20N2O4/c1-9(13(17-2)18-3)15-10-5-4-6-11(7-10)19-8-12(14)16/h4-7,9,13,15H,8H2,1-3H3,(H2,14,16). The first-order chi connectivity index (χ1) is 9.06. The summed E-state index contributed by atoms with van der Waals surface area (Å²) >= 11 is 0. The van der Waals surface area contributed by atoms with E-state index in [1.807, 2.05) is 19.1 Å². The van der Waals surface area contributed by atoms with E-state index in [-0.39, 0.29) is 18.9 Å². The molecule has 106 valence electrons. The monoisotopic (exact) mass is 268 g/mol. The van der Waals surface area contributed by atoms with Gasteiger partial charge in [0.15, 0.2) is 12.9 Å². The minimum Gasteiger partial charge on any atom is -0.484 e. The fourth-order valence-electron chi connectivity index (χ4n) is 1.67. The lowest BCUT2D eigenvalue weighted by molar-refractivity contribution is -0.119. The van der Waals surface area contributed by atoms with Crippen LogP contribution in [0.5, 0.6) is 5.75 Å². The molecule has 0 aliphatic carbocycles. The Bertz CT molecular complexity index is 407. The molecule has 0 saturated carbocycles. The van der Waals surface area contributed by atoms with E-state index in [0.717, 1.165) is 5.69 Å². The van der Waals surface area contributed by atoms with Gasteiger partial charge in [-0.15, -0.1) is 0 Å². The number of primary amides is 1. The van der Waals surface area contributed by atoms with Crippen molar-refractivity contribution in [1.29, 1.82) is 0 Å². The summed E-state index contributed by atoms with van der Waals surface area (Å²) in [5.74, 6) is 0.0629. The van der Waals surface area contributed by atoms with Gasteiger partial charge in [0.05, 0.1) is 6.04 Å². The molecular formula is C13H20N2O4. The summed E-state index contributed by atoms with van der Waals surface area (Å²) in [6.45, 7) is 1.80. The first-order valence-corrected chi connectivity index (χ1v) is 5.90. The van der Waals surface area contributed by atoms with Gasteiger partial charge in [0, 0.05) is 26.0 Å². The maximum atomic E-state index is 10.7. The number of ether oxygens (including phenoxy) is 3. The Balaban J connectivity index is 2.63. The molecule has 1 aromatic carbocycles.